The fraction of sp³-hybridized carbons (Fsp3) is 0.643. The molecule has 2 heterocycles. The maximum Gasteiger partial charge on any atom is 0.306 e. The summed E-state index contributed by atoms with van der Waals surface area (Å²) in [5.74, 6) is -1.01. The maximum atomic E-state index is 12.0. The molecule has 1 aromatic rings. The van der Waals surface area contributed by atoms with Gasteiger partial charge in [-0.3, -0.25) is 14.3 Å². The SMILES string of the molecule is Cn1cc(CCNCC(=O)N2CCC(C(=O)O)CC2)cn1. The zero-order chi connectivity index (χ0) is 15.2. The minimum absolute atomic E-state index is 0.0463. The van der Waals surface area contributed by atoms with Gasteiger partial charge >= 0.3 is 5.97 Å². The molecule has 0 spiro atoms. The van der Waals surface area contributed by atoms with Crippen molar-refractivity contribution in [3.63, 3.8) is 0 Å². The Morgan fingerprint density at radius 1 is 1.43 bits per heavy atom. The summed E-state index contributed by atoms with van der Waals surface area (Å²) in [6.07, 6.45) is 5.72. The lowest BCUT2D eigenvalue weighted by Gasteiger charge is -2.30. The van der Waals surface area contributed by atoms with Crippen molar-refractivity contribution in [3.8, 4) is 0 Å². The van der Waals surface area contributed by atoms with Crippen LogP contribution in [0.25, 0.3) is 0 Å². The molecule has 116 valence electrons. The molecule has 1 amide bonds. The number of carboxylic acid groups (broad SMARTS) is 1. The normalized spacial score (nSPS) is 16.1. The number of aryl methyl sites for hydroxylation is 1. The smallest absolute Gasteiger partial charge is 0.306 e. The van der Waals surface area contributed by atoms with Gasteiger partial charge in [-0.2, -0.15) is 5.10 Å². The van der Waals surface area contributed by atoms with Crippen molar-refractivity contribution in [1.29, 1.82) is 0 Å². The summed E-state index contributed by atoms with van der Waals surface area (Å²) in [6.45, 7) is 2.11. The van der Waals surface area contributed by atoms with Crippen LogP contribution in [0.1, 0.15) is 18.4 Å². The summed E-state index contributed by atoms with van der Waals surface area (Å²) in [5.41, 5.74) is 1.14. The van der Waals surface area contributed by atoms with Gasteiger partial charge in [0.25, 0.3) is 0 Å². The highest BCUT2D eigenvalue weighted by Gasteiger charge is 2.26. The van der Waals surface area contributed by atoms with Crippen molar-refractivity contribution in [1.82, 2.24) is 20.0 Å². The van der Waals surface area contributed by atoms with E-state index >= 15 is 0 Å². The molecule has 0 aromatic carbocycles. The van der Waals surface area contributed by atoms with E-state index in [1.54, 1.807) is 9.58 Å². The number of aromatic nitrogens is 2. The van der Waals surface area contributed by atoms with E-state index in [2.05, 4.69) is 10.4 Å². The molecule has 21 heavy (non-hydrogen) atoms. The third-order valence-electron chi connectivity index (χ3n) is 3.82. The molecule has 0 atom stereocenters. The number of nitrogens with one attached hydrogen (secondary N) is 1. The fourth-order valence-corrected chi connectivity index (χ4v) is 2.52. The molecule has 7 nitrogen and oxygen atoms in total. The molecule has 1 aliphatic rings. The summed E-state index contributed by atoms with van der Waals surface area (Å²) in [4.78, 5) is 24.6. The van der Waals surface area contributed by atoms with Gasteiger partial charge < -0.3 is 15.3 Å². The van der Waals surface area contributed by atoms with Gasteiger partial charge in [-0.15, -0.1) is 0 Å². The first kappa shape index (κ1) is 15.5. The van der Waals surface area contributed by atoms with Crippen molar-refractivity contribution in [2.75, 3.05) is 26.2 Å². The van der Waals surface area contributed by atoms with E-state index in [1.165, 1.54) is 0 Å². The molecule has 2 N–H and O–H groups in total. The number of amides is 1. The third kappa shape index (κ3) is 4.56. The first-order valence-electron chi connectivity index (χ1n) is 7.25. The average Bonchev–Trinajstić information content (AvgIpc) is 2.89. The van der Waals surface area contributed by atoms with Crippen LogP contribution in [-0.4, -0.2) is 57.8 Å². The van der Waals surface area contributed by atoms with E-state index in [-0.39, 0.29) is 11.8 Å². The largest absolute Gasteiger partial charge is 0.481 e. The zero-order valence-corrected chi connectivity index (χ0v) is 12.3. The monoisotopic (exact) mass is 294 g/mol. The first-order chi connectivity index (χ1) is 10.1. The summed E-state index contributed by atoms with van der Waals surface area (Å²) in [5, 5.41) is 16.1. The number of hydrogen-bond acceptors (Lipinski definition) is 4. The van der Waals surface area contributed by atoms with Gasteiger partial charge in [-0.05, 0) is 31.4 Å². The Morgan fingerprint density at radius 2 is 2.14 bits per heavy atom. The number of hydrogen-bond donors (Lipinski definition) is 2. The predicted octanol–water partition coefficient (Wildman–Crippen LogP) is -0.125. The highest BCUT2D eigenvalue weighted by molar-refractivity contribution is 5.78. The topological polar surface area (TPSA) is 87.5 Å². The van der Waals surface area contributed by atoms with Crippen LogP contribution in [0.2, 0.25) is 0 Å². The number of piperidine rings is 1. The van der Waals surface area contributed by atoms with Crippen LogP contribution in [0.3, 0.4) is 0 Å². The minimum Gasteiger partial charge on any atom is -0.481 e. The molecule has 0 aliphatic carbocycles. The number of carbonyl (C=O) groups is 2. The number of carbonyl (C=O) groups excluding carboxylic acids is 1. The molecular weight excluding hydrogens is 272 g/mol. The van der Waals surface area contributed by atoms with Gasteiger partial charge in [-0.1, -0.05) is 0 Å². The van der Waals surface area contributed by atoms with Crippen LogP contribution in [-0.2, 0) is 23.1 Å². The molecule has 1 fully saturated rings. The molecular formula is C14H22N4O3. The zero-order valence-electron chi connectivity index (χ0n) is 12.3. The minimum atomic E-state index is -0.753. The summed E-state index contributed by atoms with van der Waals surface area (Å²) in [7, 11) is 1.88. The third-order valence-corrected chi connectivity index (χ3v) is 3.82. The molecule has 7 heteroatoms. The highest BCUT2D eigenvalue weighted by Crippen LogP contribution is 2.17. The Morgan fingerprint density at radius 3 is 2.71 bits per heavy atom. The number of carboxylic acids is 1. The first-order valence-corrected chi connectivity index (χ1v) is 7.25. The van der Waals surface area contributed by atoms with E-state index in [4.69, 9.17) is 5.11 Å². The van der Waals surface area contributed by atoms with Crippen molar-refractivity contribution >= 4 is 11.9 Å². The average molecular weight is 294 g/mol. The van der Waals surface area contributed by atoms with Crippen molar-refractivity contribution in [2.24, 2.45) is 13.0 Å². The number of likely N-dealkylation sites (tertiary alicyclic amines) is 1. The molecule has 0 radical (unpaired) electrons. The fourth-order valence-electron chi connectivity index (χ4n) is 2.52. The van der Waals surface area contributed by atoms with Crippen LogP contribution in [0.4, 0.5) is 0 Å². The van der Waals surface area contributed by atoms with Gasteiger partial charge in [0.1, 0.15) is 0 Å². The van der Waals surface area contributed by atoms with Crippen LogP contribution in [0, 0.1) is 5.92 Å². The van der Waals surface area contributed by atoms with E-state index in [1.807, 2.05) is 19.4 Å². The van der Waals surface area contributed by atoms with Crippen LogP contribution in [0.5, 0.6) is 0 Å². The van der Waals surface area contributed by atoms with Crippen molar-refractivity contribution in [2.45, 2.75) is 19.3 Å². The predicted molar refractivity (Wildman–Crippen MR) is 76.7 cm³/mol. The molecule has 1 aliphatic heterocycles. The Hall–Kier alpha value is -1.89. The van der Waals surface area contributed by atoms with E-state index in [0.29, 0.717) is 32.5 Å². The van der Waals surface area contributed by atoms with Crippen LogP contribution < -0.4 is 5.32 Å². The lowest BCUT2D eigenvalue weighted by molar-refractivity contribution is -0.145. The maximum absolute atomic E-state index is 12.0. The van der Waals surface area contributed by atoms with Crippen LogP contribution in [0.15, 0.2) is 12.4 Å². The Kier molecular flexibility index (Phi) is 5.32. The molecule has 2 rings (SSSR count). The summed E-state index contributed by atoms with van der Waals surface area (Å²) >= 11 is 0. The lowest BCUT2D eigenvalue weighted by atomic mass is 9.97. The van der Waals surface area contributed by atoms with Gasteiger partial charge in [0, 0.05) is 26.3 Å². The number of nitrogens with zero attached hydrogens (tertiary/aromatic N) is 3. The van der Waals surface area contributed by atoms with E-state index in [9.17, 15) is 9.59 Å². The lowest BCUT2D eigenvalue weighted by Crippen LogP contribution is -2.44. The van der Waals surface area contributed by atoms with E-state index in [0.717, 1.165) is 18.5 Å². The van der Waals surface area contributed by atoms with E-state index < -0.39 is 5.97 Å². The van der Waals surface area contributed by atoms with Crippen molar-refractivity contribution in [3.05, 3.63) is 18.0 Å². The quantitative estimate of drug-likeness (QED) is 0.714. The van der Waals surface area contributed by atoms with Gasteiger partial charge in [0.15, 0.2) is 0 Å². The van der Waals surface area contributed by atoms with Crippen molar-refractivity contribution < 1.29 is 14.7 Å². The Labute approximate surface area is 123 Å². The summed E-state index contributed by atoms with van der Waals surface area (Å²) < 4.78 is 1.76. The van der Waals surface area contributed by atoms with Gasteiger partial charge in [0.05, 0.1) is 18.7 Å². The number of rotatable bonds is 6. The second kappa shape index (κ2) is 7.21. The Balaban J connectivity index is 1.63. The molecule has 0 saturated carbocycles. The molecule has 1 saturated heterocycles. The standard InChI is InChI=1S/C14H22N4O3/c1-17-10-11(8-16-17)2-5-15-9-13(19)18-6-3-12(4-7-18)14(20)21/h8,10,12,15H,2-7,9H2,1H3,(H,20,21). The second-order valence-corrected chi connectivity index (χ2v) is 5.44. The highest BCUT2D eigenvalue weighted by atomic mass is 16.4. The Bertz CT molecular complexity index is 492. The van der Waals surface area contributed by atoms with Gasteiger partial charge in [0.2, 0.25) is 5.91 Å². The molecule has 1 aromatic heterocycles. The molecule has 0 bridgehead atoms. The summed E-state index contributed by atoms with van der Waals surface area (Å²) in [6, 6.07) is 0. The second-order valence-electron chi connectivity index (χ2n) is 5.44. The van der Waals surface area contributed by atoms with Gasteiger partial charge in [-0.25, -0.2) is 0 Å². The molecule has 0 unspecified atom stereocenters. The van der Waals surface area contributed by atoms with Crippen LogP contribution >= 0.6 is 0 Å². The number of aliphatic carboxylic acids is 1.